The van der Waals surface area contributed by atoms with Gasteiger partial charge in [0.05, 0.1) is 11.3 Å². The highest BCUT2D eigenvalue weighted by molar-refractivity contribution is 9.10. The highest BCUT2D eigenvalue weighted by atomic mass is 79.9. The molecular formula is C15H10BrNO. The summed E-state index contributed by atoms with van der Waals surface area (Å²) < 4.78 is 0.934. The highest BCUT2D eigenvalue weighted by Gasteiger charge is 2.28. The SMILES string of the molecule is NC1=C(c2cccc(Br)c2)C(=O)c2ccccc21. The highest BCUT2D eigenvalue weighted by Crippen LogP contribution is 2.35. The number of hydrogen-bond acceptors (Lipinski definition) is 2. The van der Waals surface area contributed by atoms with Gasteiger partial charge in [-0.05, 0) is 17.7 Å². The minimum Gasteiger partial charge on any atom is -0.398 e. The van der Waals surface area contributed by atoms with Crippen molar-refractivity contribution in [2.75, 3.05) is 0 Å². The topological polar surface area (TPSA) is 43.1 Å². The standard InChI is InChI=1S/C15H10BrNO/c16-10-5-3-4-9(8-10)13-14(17)11-6-1-2-7-12(11)15(13)18/h1-8H,17H2. The van der Waals surface area contributed by atoms with Gasteiger partial charge in [-0.15, -0.1) is 0 Å². The van der Waals surface area contributed by atoms with Crippen LogP contribution in [0.3, 0.4) is 0 Å². The van der Waals surface area contributed by atoms with E-state index in [0.717, 1.165) is 15.6 Å². The third kappa shape index (κ3) is 1.59. The van der Waals surface area contributed by atoms with Crippen molar-refractivity contribution in [3.63, 3.8) is 0 Å². The van der Waals surface area contributed by atoms with Gasteiger partial charge in [-0.3, -0.25) is 4.79 Å². The number of hydrogen-bond donors (Lipinski definition) is 1. The van der Waals surface area contributed by atoms with Crippen LogP contribution in [0.4, 0.5) is 0 Å². The predicted octanol–water partition coefficient (Wildman–Crippen LogP) is 3.47. The third-order valence-corrected chi connectivity index (χ3v) is 3.56. The Morgan fingerprint density at radius 3 is 2.33 bits per heavy atom. The second-order valence-electron chi connectivity index (χ2n) is 4.17. The summed E-state index contributed by atoms with van der Waals surface area (Å²) in [6.07, 6.45) is 0. The van der Waals surface area contributed by atoms with Crippen molar-refractivity contribution in [2.45, 2.75) is 0 Å². The predicted molar refractivity (Wildman–Crippen MR) is 75.9 cm³/mol. The van der Waals surface area contributed by atoms with Crippen molar-refractivity contribution in [1.82, 2.24) is 0 Å². The van der Waals surface area contributed by atoms with E-state index in [1.807, 2.05) is 48.5 Å². The van der Waals surface area contributed by atoms with Crippen molar-refractivity contribution in [3.05, 3.63) is 69.7 Å². The van der Waals surface area contributed by atoms with Crippen LogP contribution in [-0.2, 0) is 0 Å². The lowest BCUT2D eigenvalue weighted by Crippen LogP contribution is -1.99. The number of nitrogens with two attached hydrogens (primary N) is 1. The van der Waals surface area contributed by atoms with Crippen LogP contribution in [0.15, 0.2) is 53.0 Å². The van der Waals surface area contributed by atoms with Crippen molar-refractivity contribution < 1.29 is 4.79 Å². The molecule has 0 amide bonds. The maximum atomic E-state index is 12.4. The summed E-state index contributed by atoms with van der Waals surface area (Å²) in [6.45, 7) is 0. The number of Topliss-reactive ketones (excluding diaryl/α,β-unsaturated/α-hetero) is 1. The summed E-state index contributed by atoms with van der Waals surface area (Å²) in [6, 6.07) is 15.1. The number of benzene rings is 2. The molecule has 0 bridgehead atoms. The maximum absolute atomic E-state index is 12.4. The smallest absolute Gasteiger partial charge is 0.196 e. The van der Waals surface area contributed by atoms with Gasteiger partial charge in [0, 0.05) is 15.6 Å². The molecule has 0 atom stereocenters. The van der Waals surface area contributed by atoms with Crippen LogP contribution in [-0.4, -0.2) is 5.78 Å². The molecule has 0 saturated carbocycles. The largest absolute Gasteiger partial charge is 0.398 e. The number of carbonyl (C=O) groups excluding carboxylic acids is 1. The van der Waals surface area contributed by atoms with E-state index in [-0.39, 0.29) is 5.78 Å². The Morgan fingerprint density at radius 2 is 1.67 bits per heavy atom. The van der Waals surface area contributed by atoms with Crippen LogP contribution in [0.5, 0.6) is 0 Å². The van der Waals surface area contributed by atoms with E-state index in [2.05, 4.69) is 15.9 Å². The number of allylic oxidation sites excluding steroid dienone is 1. The number of fused-ring (bicyclic) bond motifs is 1. The summed E-state index contributed by atoms with van der Waals surface area (Å²) in [4.78, 5) is 12.4. The molecule has 0 unspecified atom stereocenters. The molecule has 0 heterocycles. The molecule has 0 aliphatic heterocycles. The summed E-state index contributed by atoms with van der Waals surface area (Å²) in [5.41, 5.74) is 9.63. The quantitative estimate of drug-likeness (QED) is 0.876. The van der Waals surface area contributed by atoms with E-state index < -0.39 is 0 Å². The molecule has 0 radical (unpaired) electrons. The van der Waals surface area contributed by atoms with E-state index >= 15 is 0 Å². The van der Waals surface area contributed by atoms with Crippen LogP contribution in [0.25, 0.3) is 11.3 Å². The van der Waals surface area contributed by atoms with E-state index in [0.29, 0.717) is 16.8 Å². The zero-order valence-electron chi connectivity index (χ0n) is 9.48. The third-order valence-electron chi connectivity index (χ3n) is 3.07. The van der Waals surface area contributed by atoms with Crippen LogP contribution in [0, 0.1) is 0 Å². The molecule has 18 heavy (non-hydrogen) atoms. The first-order valence-electron chi connectivity index (χ1n) is 5.58. The molecule has 2 aromatic rings. The molecule has 0 aromatic heterocycles. The van der Waals surface area contributed by atoms with E-state index in [9.17, 15) is 4.79 Å². The van der Waals surface area contributed by atoms with Crippen molar-refractivity contribution in [1.29, 1.82) is 0 Å². The Hall–Kier alpha value is -1.87. The molecule has 3 heteroatoms. The number of halogens is 1. The molecule has 2 aromatic carbocycles. The van der Waals surface area contributed by atoms with Gasteiger partial charge >= 0.3 is 0 Å². The Kier molecular flexibility index (Phi) is 2.56. The lowest BCUT2D eigenvalue weighted by molar-refractivity contribution is 0.105. The van der Waals surface area contributed by atoms with Crippen molar-refractivity contribution in [3.8, 4) is 0 Å². The summed E-state index contributed by atoms with van der Waals surface area (Å²) in [5, 5.41) is 0. The van der Waals surface area contributed by atoms with Gasteiger partial charge in [0.2, 0.25) is 0 Å². The molecule has 0 saturated heterocycles. The van der Waals surface area contributed by atoms with Gasteiger partial charge in [-0.2, -0.15) is 0 Å². The zero-order chi connectivity index (χ0) is 12.7. The lowest BCUT2D eigenvalue weighted by Gasteiger charge is -2.03. The lowest BCUT2D eigenvalue weighted by atomic mass is 10.0. The van der Waals surface area contributed by atoms with E-state index in [1.165, 1.54) is 0 Å². The fourth-order valence-electron chi connectivity index (χ4n) is 2.24. The van der Waals surface area contributed by atoms with Gasteiger partial charge in [0.15, 0.2) is 5.78 Å². The van der Waals surface area contributed by atoms with Gasteiger partial charge in [-0.25, -0.2) is 0 Å². The normalized spacial score (nSPS) is 13.9. The molecular weight excluding hydrogens is 290 g/mol. The van der Waals surface area contributed by atoms with Crippen LogP contribution in [0.2, 0.25) is 0 Å². The Labute approximate surface area is 113 Å². The Bertz CT molecular complexity index is 688. The average molecular weight is 300 g/mol. The van der Waals surface area contributed by atoms with Gasteiger partial charge < -0.3 is 5.73 Å². The molecule has 2 N–H and O–H groups in total. The number of rotatable bonds is 1. The van der Waals surface area contributed by atoms with Crippen molar-refractivity contribution >= 4 is 33.0 Å². The fourth-order valence-corrected chi connectivity index (χ4v) is 2.64. The first kappa shape index (κ1) is 11.2. The monoisotopic (exact) mass is 299 g/mol. The molecule has 1 aliphatic carbocycles. The molecule has 0 spiro atoms. The first-order chi connectivity index (χ1) is 8.68. The van der Waals surface area contributed by atoms with Gasteiger partial charge in [0.25, 0.3) is 0 Å². The average Bonchev–Trinajstić information content (AvgIpc) is 2.63. The summed E-state index contributed by atoms with van der Waals surface area (Å²) in [7, 11) is 0. The number of ketones is 1. The Morgan fingerprint density at radius 1 is 0.944 bits per heavy atom. The van der Waals surface area contributed by atoms with Crippen LogP contribution in [0.1, 0.15) is 21.5 Å². The molecule has 2 nitrogen and oxygen atoms in total. The van der Waals surface area contributed by atoms with Gasteiger partial charge in [-0.1, -0.05) is 52.3 Å². The minimum absolute atomic E-state index is 0.00111. The Balaban J connectivity index is 2.21. The first-order valence-corrected chi connectivity index (χ1v) is 6.37. The van der Waals surface area contributed by atoms with E-state index in [4.69, 9.17) is 5.73 Å². The molecule has 1 aliphatic rings. The van der Waals surface area contributed by atoms with E-state index in [1.54, 1.807) is 0 Å². The second-order valence-corrected chi connectivity index (χ2v) is 5.09. The van der Waals surface area contributed by atoms with Gasteiger partial charge in [0.1, 0.15) is 0 Å². The van der Waals surface area contributed by atoms with Crippen LogP contribution >= 0.6 is 15.9 Å². The summed E-state index contributed by atoms with van der Waals surface area (Å²) in [5.74, 6) is 0.00111. The zero-order valence-corrected chi connectivity index (χ0v) is 11.1. The van der Waals surface area contributed by atoms with Crippen molar-refractivity contribution in [2.24, 2.45) is 5.73 Å². The maximum Gasteiger partial charge on any atom is 0.196 e. The minimum atomic E-state index is 0.00111. The fraction of sp³-hybridized carbons (Fsp3) is 0. The summed E-state index contributed by atoms with van der Waals surface area (Å²) >= 11 is 3.41. The molecule has 88 valence electrons. The number of carbonyl (C=O) groups is 1. The molecule has 3 rings (SSSR count). The van der Waals surface area contributed by atoms with Crippen LogP contribution < -0.4 is 5.73 Å². The molecule has 0 fully saturated rings. The second kappa shape index (κ2) is 4.10.